The molecule has 0 saturated carbocycles. The molecule has 28 heavy (non-hydrogen) atoms. The summed E-state index contributed by atoms with van der Waals surface area (Å²) in [6, 6.07) is -3.82. The summed E-state index contributed by atoms with van der Waals surface area (Å²) < 4.78 is 0. The number of carbonyl (C=O) groups excluding carboxylic acids is 5. The molecule has 0 fully saturated rings. The molecule has 0 rings (SSSR count). The fraction of sp³-hybridized carbons (Fsp3) is 0.571. The molecule has 0 aliphatic heterocycles. The number of nitrogens with two attached hydrogens (primary N) is 3. The Bertz CT molecular complexity index is 629. The number of hydrogen-bond acceptors (Lipinski definition) is 8. The molecule has 0 spiro atoms. The van der Waals surface area contributed by atoms with Gasteiger partial charge in [-0.3, -0.25) is 28.8 Å². The van der Waals surface area contributed by atoms with Crippen LogP contribution in [0.15, 0.2) is 0 Å². The summed E-state index contributed by atoms with van der Waals surface area (Å²) >= 11 is 3.86. The molecule has 0 aromatic carbocycles. The van der Waals surface area contributed by atoms with Gasteiger partial charge in [-0.15, -0.1) is 0 Å². The molecule has 0 aromatic heterocycles. The van der Waals surface area contributed by atoms with E-state index in [1.807, 2.05) is 5.32 Å². The zero-order valence-corrected chi connectivity index (χ0v) is 15.7. The van der Waals surface area contributed by atoms with Crippen molar-refractivity contribution >= 4 is 48.1 Å². The van der Waals surface area contributed by atoms with Crippen LogP contribution in [0.4, 0.5) is 0 Å². The Morgan fingerprint density at radius 3 is 1.93 bits per heavy atom. The summed E-state index contributed by atoms with van der Waals surface area (Å²) in [4.78, 5) is 69.0. The quantitative estimate of drug-likeness (QED) is 0.135. The molecule has 3 unspecified atom stereocenters. The van der Waals surface area contributed by atoms with E-state index in [-0.39, 0.29) is 18.6 Å². The second kappa shape index (κ2) is 12.5. The van der Waals surface area contributed by atoms with Crippen molar-refractivity contribution in [2.45, 2.75) is 37.4 Å². The standard InChI is InChI=1S/C14H24N6O7S/c15-6(5-28)12(25)19-7(1-2-9(16)21)14(27)20-8(3-10(17)22)13(26)18-4-11(23)24/h6-8,28H,1-5,15H2,(H2,16,21)(H2,17,22)(H,18,26)(H,19,25)(H,20,27)(H,23,24). The number of aliphatic carboxylic acids is 1. The van der Waals surface area contributed by atoms with E-state index in [1.165, 1.54) is 0 Å². The molecule has 3 atom stereocenters. The summed E-state index contributed by atoms with van der Waals surface area (Å²) in [5.41, 5.74) is 15.6. The van der Waals surface area contributed by atoms with E-state index >= 15 is 0 Å². The van der Waals surface area contributed by atoms with Crippen molar-refractivity contribution < 1.29 is 33.9 Å². The number of rotatable bonds is 13. The van der Waals surface area contributed by atoms with Crippen LogP contribution in [-0.2, 0) is 28.8 Å². The van der Waals surface area contributed by atoms with Gasteiger partial charge in [0.05, 0.1) is 12.5 Å². The number of carboxylic acids is 1. The third-order valence-corrected chi connectivity index (χ3v) is 3.69. The lowest BCUT2D eigenvalue weighted by Crippen LogP contribution is -2.57. The molecule has 158 valence electrons. The molecule has 10 N–H and O–H groups in total. The maximum atomic E-state index is 12.5. The van der Waals surface area contributed by atoms with Crippen molar-refractivity contribution in [1.82, 2.24) is 16.0 Å². The van der Waals surface area contributed by atoms with Crippen LogP contribution in [0.25, 0.3) is 0 Å². The molecule has 14 heteroatoms. The summed E-state index contributed by atoms with van der Waals surface area (Å²) in [7, 11) is 0. The van der Waals surface area contributed by atoms with E-state index < -0.39 is 66.6 Å². The molecular formula is C14H24N6O7S. The average Bonchev–Trinajstić information content (AvgIpc) is 2.60. The smallest absolute Gasteiger partial charge is 0.322 e. The summed E-state index contributed by atoms with van der Waals surface area (Å²) in [5, 5.41) is 15.1. The van der Waals surface area contributed by atoms with Gasteiger partial charge in [0.15, 0.2) is 0 Å². The highest BCUT2D eigenvalue weighted by molar-refractivity contribution is 7.80. The number of carboxylic acid groups (broad SMARTS) is 1. The molecule has 0 aliphatic rings. The number of carbonyl (C=O) groups is 6. The maximum Gasteiger partial charge on any atom is 0.322 e. The second-order valence-corrected chi connectivity index (χ2v) is 6.06. The van der Waals surface area contributed by atoms with Crippen molar-refractivity contribution in [2.24, 2.45) is 17.2 Å². The van der Waals surface area contributed by atoms with E-state index in [2.05, 4.69) is 23.3 Å². The fourth-order valence-corrected chi connectivity index (χ4v) is 2.05. The van der Waals surface area contributed by atoms with E-state index in [4.69, 9.17) is 22.3 Å². The van der Waals surface area contributed by atoms with Gasteiger partial charge in [0.2, 0.25) is 29.5 Å². The van der Waals surface area contributed by atoms with E-state index in [0.717, 1.165) is 0 Å². The molecular weight excluding hydrogens is 396 g/mol. The number of nitrogens with one attached hydrogen (secondary N) is 3. The van der Waals surface area contributed by atoms with Crippen molar-refractivity contribution in [3.8, 4) is 0 Å². The summed E-state index contributed by atoms with van der Waals surface area (Å²) in [6.45, 7) is -0.747. The number of thiol groups is 1. The predicted octanol–water partition coefficient (Wildman–Crippen LogP) is -4.45. The molecule has 0 aromatic rings. The van der Waals surface area contributed by atoms with E-state index in [1.54, 1.807) is 0 Å². The van der Waals surface area contributed by atoms with Crippen LogP contribution in [0.3, 0.4) is 0 Å². The first-order valence-corrected chi connectivity index (χ1v) is 8.64. The monoisotopic (exact) mass is 420 g/mol. The van der Waals surface area contributed by atoms with Crippen molar-refractivity contribution in [1.29, 1.82) is 0 Å². The fourth-order valence-electron chi connectivity index (χ4n) is 1.89. The first kappa shape index (κ1) is 25.1. The Kier molecular flexibility index (Phi) is 11.2. The summed E-state index contributed by atoms with van der Waals surface area (Å²) in [5.74, 6) is -5.66. The summed E-state index contributed by atoms with van der Waals surface area (Å²) in [6.07, 6.45) is -1.09. The molecule has 0 saturated heterocycles. The molecule has 0 bridgehead atoms. The van der Waals surface area contributed by atoms with Crippen LogP contribution < -0.4 is 33.2 Å². The normalized spacial score (nSPS) is 13.5. The lowest BCUT2D eigenvalue weighted by atomic mass is 10.1. The largest absolute Gasteiger partial charge is 0.480 e. The van der Waals surface area contributed by atoms with Gasteiger partial charge in [-0.05, 0) is 6.42 Å². The van der Waals surface area contributed by atoms with Gasteiger partial charge in [-0.1, -0.05) is 0 Å². The zero-order chi connectivity index (χ0) is 21.9. The van der Waals surface area contributed by atoms with Crippen LogP contribution in [-0.4, -0.2) is 71.0 Å². The zero-order valence-electron chi connectivity index (χ0n) is 14.8. The Balaban J connectivity index is 5.26. The van der Waals surface area contributed by atoms with E-state index in [0.29, 0.717) is 0 Å². The first-order valence-electron chi connectivity index (χ1n) is 8.01. The van der Waals surface area contributed by atoms with Crippen LogP contribution in [0.5, 0.6) is 0 Å². The Morgan fingerprint density at radius 2 is 1.46 bits per heavy atom. The van der Waals surface area contributed by atoms with Crippen LogP contribution in [0.1, 0.15) is 19.3 Å². The Hall–Kier alpha value is -2.87. The Labute approximate surface area is 165 Å². The third kappa shape index (κ3) is 10.3. The van der Waals surface area contributed by atoms with Crippen molar-refractivity contribution in [3.05, 3.63) is 0 Å². The first-order chi connectivity index (χ1) is 13.0. The lowest BCUT2D eigenvalue weighted by Gasteiger charge is -2.23. The predicted molar refractivity (Wildman–Crippen MR) is 98.6 cm³/mol. The number of primary amides is 2. The van der Waals surface area contributed by atoms with Gasteiger partial charge in [-0.25, -0.2) is 0 Å². The molecule has 0 aliphatic carbocycles. The topological polar surface area (TPSA) is 237 Å². The molecule has 5 amide bonds. The maximum absolute atomic E-state index is 12.5. The minimum Gasteiger partial charge on any atom is -0.480 e. The Morgan fingerprint density at radius 1 is 0.893 bits per heavy atom. The van der Waals surface area contributed by atoms with Gasteiger partial charge in [0, 0.05) is 12.2 Å². The van der Waals surface area contributed by atoms with Gasteiger partial charge < -0.3 is 38.3 Å². The highest BCUT2D eigenvalue weighted by Gasteiger charge is 2.29. The number of amides is 5. The van der Waals surface area contributed by atoms with Crippen LogP contribution in [0, 0.1) is 0 Å². The SMILES string of the molecule is NC(=O)CCC(NC(=O)C(N)CS)C(=O)NC(CC(N)=O)C(=O)NCC(=O)O. The highest BCUT2D eigenvalue weighted by Crippen LogP contribution is 2.02. The van der Waals surface area contributed by atoms with Gasteiger partial charge in [-0.2, -0.15) is 12.6 Å². The van der Waals surface area contributed by atoms with Crippen molar-refractivity contribution in [2.75, 3.05) is 12.3 Å². The highest BCUT2D eigenvalue weighted by atomic mass is 32.1. The molecule has 0 radical (unpaired) electrons. The average molecular weight is 420 g/mol. The third-order valence-electron chi connectivity index (χ3n) is 3.30. The van der Waals surface area contributed by atoms with E-state index in [9.17, 15) is 28.8 Å². The van der Waals surface area contributed by atoms with Gasteiger partial charge in [0.25, 0.3) is 0 Å². The minimum absolute atomic E-state index is 0.0160. The molecule has 13 nitrogen and oxygen atoms in total. The number of hydrogen-bond donors (Lipinski definition) is 8. The lowest BCUT2D eigenvalue weighted by molar-refractivity contribution is -0.138. The van der Waals surface area contributed by atoms with Crippen LogP contribution in [0.2, 0.25) is 0 Å². The van der Waals surface area contributed by atoms with Gasteiger partial charge >= 0.3 is 5.97 Å². The van der Waals surface area contributed by atoms with Gasteiger partial charge in [0.1, 0.15) is 18.6 Å². The van der Waals surface area contributed by atoms with Crippen molar-refractivity contribution in [3.63, 3.8) is 0 Å². The second-order valence-electron chi connectivity index (χ2n) is 5.70. The van der Waals surface area contributed by atoms with Crippen LogP contribution >= 0.6 is 12.6 Å². The minimum atomic E-state index is -1.49. The molecule has 0 heterocycles.